The van der Waals surface area contributed by atoms with Gasteiger partial charge in [-0.25, -0.2) is 8.42 Å². The zero-order chi connectivity index (χ0) is 20.5. The van der Waals surface area contributed by atoms with Gasteiger partial charge in [0.25, 0.3) is 10.0 Å². The molecule has 0 radical (unpaired) electrons. The van der Waals surface area contributed by atoms with E-state index in [1.165, 1.54) is 29.4 Å². The highest BCUT2D eigenvalue weighted by Gasteiger charge is 2.32. The zero-order valence-corrected chi connectivity index (χ0v) is 16.7. The Kier molecular flexibility index (Phi) is 5.83. The molecule has 152 valence electrons. The number of amides is 1. The second kappa shape index (κ2) is 7.84. The highest BCUT2D eigenvalue weighted by molar-refractivity contribution is 7.91. The molecule has 0 bridgehead atoms. The van der Waals surface area contributed by atoms with Gasteiger partial charge in [-0.1, -0.05) is 6.07 Å². The normalized spacial score (nSPS) is 15.7. The predicted molar refractivity (Wildman–Crippen MR) is 101 cm³/mol. The standard InChI is InChI=1S/C18H19F3N2O3S2/c1-12-4-5-13(10-15(12)18(19,20)21)22-16(24)11-14-6-7-17(27-14)28(25,26)23-8-2-3-9-23/h4-7,10H,2-3,8-9,11H2,1H3,(H,22,24). The SMILES string of the molecule is Cc1ccc(NC(=O)Cc2ccc(S(=O)(=O)N3CCCC3)s2)cc1C(F)(F)F. The van der Waals surface area contributed by atoms with Crippen LogP contribution in [0.25, 0.3) is 0 Å². The number of hydrogen-bond acceptors (Lipinski definition) is 4. The fraction of sp³-hybridized carbons (Fsp3) is 0.389. The lowest BCUT2D eigenvalue weighted by Gasteiger charge is -2.13. The van der Waals surface area contributed by atoms with Gasteiger partial charge < -0.3 is 5.32 Å². The smallest absolute Gasteiger partial charge is 0.326 e. The Morgan fingerprint density at radius 3 is 2.50 bits per heavy atom. The van der Waals surface area contributed by atoms with Gasteiger partial charge in [-0.05, 0) is 49.6 Å². The van der Waals surface area contributed by atoms with Gasteiger partial charge in [0.1, 0.15) is 4.21 Å². The summed E-state index contributed by atoms with van der Waals surface area (Å²) < 4.78 is 65.6. The third-order valence-corrected chi connectivity index (χ3v) is 7.91. The van der Waals surface area contributed by atoms with Crippen LogP contribution in [0.1, 0.15) is 28.8 Å². The first kappa shape index (κ1) is 20.8. The van der Waals surface area contributed by atoms with E-state index < -0.39 is 27.7 Å². The Morgan fingerprint density at radius 2 is 1.86 bits per heavy atom. The number of anilines is 1. The quantitative estimate of drug-likeness (QED) is 0.776. The minimum atomic E-state index is -4.50. The predicted octanol–water partition coefficient (Wildman–Crippen LogP) is 4.04. The molecule has 1 aliphatic rings. The first-order chi connectivity index (χ1) is 13.1. The number of thiophene rings is 1. The van der Waals surface area contributed by atoms with E-state index >= 15 is 0 Å². The number of halogens is 3. The fourth-order valence-corrected chi connectivity index (χ4v) is 6.04. The lowest BCUT2D eigenvalue weighted by Crippen LogP contribution is -2.27. The molecule has 2 aromatic rings. The Labute approximate surface area is 165 Å². The van der Waals surface area contributed by atoms with E-state index in [1.807, 2.05) is 0 Å². The molecule has 10 heteroatoms. The average molecular weight is 432 g/mol. The second-order valence-electron chi connectivity index (χ2n) is 6.58. The van der Waals surface area contributed by atoms with Crippen LogP contribution in [0.5, 0.6) is 0 Å². The summed E-state index contributed by atoms with van der Waals surface area (Å²) in [5, 5.41) is 2.44. The van der Waals surface area contributed by atoms with E-state index in [0.717, 1.165) is 30.2 Å². The Hall–Kier alpha value is -1.91. The van der Waals surface area contributed by atoms with Crippen molar-refractivity contribution in [3.8, 4) is 0 Å². The van der Waals surface area contributed by atoms with Crippen LogP contribution in [0.15, 0.2) is 34.5 Å². The van der Waals surface area contributed by atoms with Crippen LogP contribution in [0.2, 0.25) is 0 Å². The molecule has 2 heterocycles. The monoisotopic (exact) mass is 432 g/mol. The summed E-state index contributed by atoms with van der Waals surface area (Å²) in [6, 6.07) is 6.62. The van der Waals surface area contributed by atoms with Gasteiger partial charge in [0.05, 0.1) is 12.0 Å². The van der Waals surface area contributed by atoms with Crippen LogP contribution >= 0.6 is 11.3 Å². The summed E-state index contributed by atoms with van der Waals surface area (Å²) in [6.45, 7) is 2.33. The molecule has 0 spiro atoms. The third-order valence-electron chi connectivity index (χ3n) is 4.46. The Morgan fingerprint density at radius 1 is 1.18 bits per heavy atom. The molecule has 1 aliphatic heterocycles. The van der Waals surface area contributed by atoms with Crippen molar-refractivity contribution in [2.45, 2.75) is 36.6 Å². The van der Waals surface area contributed by atoms with Crippen LogP contribution in [-0.2, 0) is 27.4 Å². The summed E-state index contributed by atoms with van der Waals surface area (Å²) in [6.07, 6.45) is -2.96. The maximum atomic E-state index is 13.0. The molecule has 1 saturated heterocycles. The van der Waals surface area contributed by atoms with Crippen LogP contribution in [0.4, 0.5) is 18.9 Å². The largest absolute Gasteiger partial charge is 0.416 e. The number of nitrogens with zero attached hydrogens (tertiary/aromatic N) is 1. The number of alkyl halides is 3. The molecular formula is C18H19F3N2O3S2. The molecule has 1 fully saturated rings. The first-order valence-corrected chi connectivity index (χ1v) is 10.9. The van der Waals surface area contributed by atoms with E-state index in [9.17, 15) is 26.4 Å². The molecule has 3 rings (SSSR count). The van der Waals surface area contributed by atoms with Crippen molar-refractivity contribution in [2.24, 2.45) is 0 Å². The Bertz CT molecular complexity index is 978. The van der Waals surface area contributed by atoms with E-state index in [2.05, 4.69) is 5.32 Å². The summed E-state index contributed by atoms with van der Waals surface area (Å²) in [5.74, 6) is -0.510. The van der Waals surface area contributed by atoms with Gasteiger partial charge >= 0.3 is 6.18 Å². The first-order valence-electron chi connectivity index (χ1n) is 8.64. The third kappa shape index (κ3) is 4.56. The van der Waals surface area contributed by atoms with Crippen molar-refractivity contribution in [1.82, 2.24) is 4.31 Å². The van der Waals surface area contributed by atoms with E-state index in [1.54, 1.807) is 6.07 Å². The van der Waals surface area contributed by atoms with Crippen molar-refractivity contribution >= 4 is 33.0 Å². The maximum Gasteiger partial charge on any atom is 0.416 e. The Balaban J connectivity index is 1.69. The van der Waals surface area contributed by atoms with Crippen molar-refractivity contribution in [1.29, 1.82) is 0 Å². The molecule has 0 aliphatic carbocycles. The number of carbonyl (C=O) groups excluding carboxylic acids is 1. The summed E-state index contributed by atoms with van der Waals surface area (Å²) >= 11 is 1.00. The minimum Gasteiger partial charge on any atom is -0.326 e. The fourth-order valence-electron chi connectivity index (χ4n) is 3.02. The highest BCUT2D eigenvalue weighted by Crippen LogP contribution is 2.33. The number of benzene rings is 1. The van der Waals surface area contributed by atoms with Crippen LogP contribution in [0, 0.1) is 6.92 Å². The lowest BCUT2D eigenvalue weighted by atomic mass is 10.1. The second-order valence-corrected chi connectivity index (χ2v) is 9.92. The number of hydrogen-bond donors (Lipinski definition) is 1. The lowest BCUT2D eigenvalue weighted by molar-refractivity contribution is -0.138. The summed E-state index contributed by atoms with van der Waals surface area (Å²) in [7, 11) is -3.54. The maximum absolute atomic E-state index is 13.0. The molecule has 0 saturated carbocycles. The molecule has 0 atom stereocenters. The van der Waals surface area contributed by atoms with Gasteiger partial charge in [0.2, 0.25) is 5.91 Å². The molecule has 28 heavy (non-hydrogen) atoms. The van der Waals surface area contributed by atoms with Crippen LogP contribution < -0.4 is 5.32 Å². The van der Waals surface area contributed by atoms with Gasteiger partial charge in [-0.15, -0.1) is 11.3 Å². The van der Waals surface area contributed by atoms with Crippen LogP contribution in [-0.4, -0.2) is 31.7 Å². The topological polar surface area (TPSA) is 66.5 Å². The number of aryl methyl sites for hydroxylation is 1. The van der Waals surface area contributed by atoms with E-state index in [4.69, 9.17) is 0 Å². The molecule has 0 unspecified atom stereocenters. The number of rotatable bonds is 5. The van der Waals surface area contributed by atoms with Crippen molar-refractivity contribution in [3.63, 3.8) is 0 Å². The minimum absolute atomic E-state index is 0.0457. The molecule has 1 aromatic carbocycles. The van der Waals surface area contributed by atoms with Gasteiger partial charge in [0.15, 0.2) is 0 Å². The highest BCUT2D eigenvalue weighted by atomic mass is 32.2. The number of sulfonamides is 1. The number of carbonyl (C=O) groups is 1. The van der Waals surface area contributed by atoms with Gasteiger partial charge in [-0.3, -0.25) is 4.79 Å². The molecular weight excluding hydrogens is 413 g/mol. The molecule has 1 aromatic heterocycles. The molecule has 1 amide bonds. The van der Waals surface area contributed by atoms with Crippen molar-refractivity contribution in [2.75, 3.05) is 18.4 Å². The summed E-state index contributed by atoms with van der Waals surface area (Å²) in [4.78, 5) is 12.7. The van der Waals surface area contributed by atoms with Crippen LogP contribution in [0.3, 0.4) is 0 Å². The summed E-state index contributed by atoms with van der Waals surface area (Å²) in [5.41, 5.74) is -0.690. The molecule has 1 N–H and O–H groups in total. The van der Waals surface area contributed by atoms with Gasteiger partial charge in [0, 0.05) is 23.7 Å². The number of nitrogens with one attached hydrogen (secondary N) is 1. The zero-order valence-electron chi connectivity index (χ0n) is 15.0. The van der Waals surface area contributed by atoms with E-state index in [-0.39, 0.29) is 21.9 Å². The van der Waals surface area contributed by atoms with Crippen molar-refractivity contribution in [3.05, 3.63) is 46.3 Å². The van der Waals surface area contributed by atoms with E-state index in [0.29, 0.717) is 18.0 Å². The van der Waals surface area contributed by atoms with Gasteiger partial charge in [-0.2, -0.15) is 17.5 Å². The van der Waals surface area contributed by atoms with Crippen molar-refractivity contribution < 1.29 is 26.4 Å². The average Bonchev–Trinajstić information content (AvgIpc) is 3.27. The molecule has 5 nitrogen and oxygen atoms in total.